The molecule has 9 heteroatoms. The fourth-order valence-corrected chi connectivity index (χ4v) is 7.30. The predicted octanol–water partition coefficient (Wildman–Crippen LogP) is 5.33. The minimum Gasteiger partial charge on any atom is -0.395 e. The van der Waals surface area contributed by atoms with Crippen molar-refractivity contribution in [3.63, 3.8) is 0 Å². The Hall–Kier alpha value is -3.41. The lowest BCUT2D eigenvalue weighted by Crippen LogP contribution is -2.42. The van der Waals surface area contributed by atoms with E-state index in [9.17, 15) is 18.6 Å². The summed E-state index contributed by atoms with van der Waals surface area (Å²) in [6, 6.07) is 32.2. The largest absolute Gasteiger partial charge is 0.395 e. The molecule has 0 spiro atoms. The molecule has 2 aliphatic rings. The second-order valence-electron chi connectivity index (χ2n) is 11.7. The van der Waals surface area contributed by atoms with Crippen molar-refractivity contribution in [1.82, 2.24) is 9.62 Å². The van der Waals surface area contributed by atoms with Crippen LogP contribution >= 0.6 is 0 Å². The molecule has 0 amide bonds. The van der Waals surface area contributed by atoms with Crippen LogP contribution in [0.4, 0.5) is 0 Å². The molecule has 0 bridgehead atoms. The van der Waals surface area contributed by atoms with Crippen LogP contribution in [-0.4, -0.2) is 55.4 Å². The molecule has 6 rings (SSSR count). The lowest BCUT2D eigenvalue weighted by atomic mass is 9.97. The van der Waals surface area contributed by atoms with Crippen LogP contribution in [0.1, 0.15) is 53.9 Å². The van der Waals surface area contributed by atoms with E-state index in [1.807, 2.05) is 72.8 Å². The molecule has 45 heavy (non-hydrogen) atoms. The molecule has 0 aliphatic carbocycles. The summed E-state index contributed by atoms with van der Waals surface area (Å²) in [5, 5.41) is 19.4. The number of ether oxygens (including phenoxy) is 2. The van der Waals surface area contributed by atoms with Gasteiger partial charge in [-0.05, 0) is 59.3 Å². The van der Waals surface area contributed by atoms with Gasteiger partial charge in [0.15, 0.2) is 6.29 Å². The standard InChI is InChI=1S/C36H40N2O6S/c39-24-26-12-14-28(15-13-26)35-21-32(23-38-20-6-8-31(38)25-40)43-36(44-35)29-18-16-27(17-19-29)34-11-5-4-7-30(34)22-37-45(41,42)33-9-2-1-3-10-33/h1-5,7,9-19,31-32,35-37,39-40H,6,8,20-25H2. The van der Waals surface area contributed by atoms with Crippen LogP contribution in [0.25, 0.3) is 11.1 Å². The molecule has 4 aromatic rings. The molecular formula is C36H40N2O6S. The molecule has 0 saturated carbocycles. The zero-order valence-electron chi connectivity index (χ0n) is 25.2. The molecule has 2 saturated heterocycles. The topological polar surface area (TPSA) is 108 Å². The number of nitrogens with one attached hydrogen (secondary N) is 1. The maximum atomic E-state index is 12.8. The van der Waals surface area contributed by atoms with Crippen LogP contribution in [0.15, 0.2) is 108 Å². The minimum absolute atomic E-state index is 0.00789. The van der Waals surface area contributed by atoms with E-state index in [-0.39, 0.29) is 42.9 Å². The summed E-state index contributed by atoms with van der Waals surface area (Å²) in [6.07, 6.45) is 1.90. The van der Waals surface area contributed by atoms with E-state index in [0.29, 0.717) is 6.42 Å². The Balaban J connectivity index is 1.21. The number of aliphatic hydroxyl groups is 2. The number of hydrogen-bond donors (Lipinski definition) is 3. The summed E-state index contributed by atoms with van der Waals surface area (Å²) >= 11 is 0. The van der Waals surface area contributed by atoms with Crippen LogP contribution in [-0.2, 0) is 32.6 Å². The average Bonchev–Trinajstić information content (AvgIpc) is 3.55. The van der Waals surface area contributed by atoms with Gasteiger partial charge >= 0.3 is 0 Å². The Bertz CT molecular complexity index is 1650. The van der Waals surface area contributed by atoms with Gasteiger partial charge < -0.3 is 19.7 Å². The van der Waals surface area contributed by atoms with Gasteiger partial charge in [-0.3, -0.25) is 4.90 Å². The van der Waals surface area contributed by atoms with Crippen molar-refractivity contribution in [3.8, 4) is 11.1 Å². The molecular weight excluding hydrogens is 588 g/mol. The first-order valence-corrected chi connectivity index (χ1v) is 17.0. The summed E-state index contributed by atoms with van der Waals surface area (Å²) < 4.78 is 41.5. The van der Waals surface area contributed by atoms with Crippen molar-refractivity contribution < 1.29 is 28.1 Å². The van der Waals surface area contributed by atoms with Crippen LogP contribution in [0.5, 0.6) is 0 Å². The van der Waals surface area contributed by atoms with Crippen LogP contribution in [0.3, 0.4) is 0 Å². The highest BCUT2D eigenvalue weighted by Gasteiger charge is 2.35. The van der Waals surface area contributed by atoms with E-state index in [1.165, 1.54) is 0 Å². The van der Waals surface area contributed by atoms with E-state index in [2.05, 4.69) is 9.62 Å². The summed E-state index contributed by atoms with van der Waals surface area (Å²) in [5.74, 6) is 0. The van der Waals surface area contributed by atoms with Crippen molar-refractivity contribution in [1.29, 1.82) is 0 Å². The van der Waals surface area contributed by atoms with Gasteiger partial charge in [-0.15, -0.1) is 0 Å². The third kappa shape index (κ3) is 7.53. The molecule has 2 fully saturated rings. The van der Waals surface area contributed by atoms with E-state index in [0.717, 1.165) is 59.3 Å². The number of sulfonamides is 1. The maximum absolute atomic E-state index is 12.8. The molecule has 4 unspecified atom stereocenters. The van der Waals surface area contributed by atoms with Crippen molar-refractivity contribution in [2.24, 2.45) is 0 Å². The monoisotopic (exact) mass is 628 g/mol. The molecule has 2 heterocycles. The molecule has 236 valence electrons. The molecule has 3 N–H and O–H groups in total. The number of aliphatic hydroxyl groups excluding tert-OH is 2. The van der Waals surface area contributed by atoms with Gasteiger partial charge in [-0.25, -0.2) is 13.1 Å². The van der Waals surface area contributed by atoms with Crippen LogP contribution < -0.4 is 4.72 Å². The summed E-state index contributed by atoms with van der Waals surface area (Å²) in [6.45, 7) is 1.97. The van der Waals surface area contributed by atoms with Crippen LogP contribution in [0, 0.1) is 0 Å². The quantitative estimate of drug-likeness (QED) is 0.206. The molecule has 0 radical (unpaired) electrons. The predicted molar refractivity (Wildman–Crippen MR) is 172 cm³/mol. The Morgan fingerprint density at radius 2 is 1.53 bits per heavy atom. The lowest BCUT2D eigenvalue weighted by molar-refractivity contribution is -0.253. The van der Waals surface area contributed by atoms with Crippen molar-refractivity contribution in [3.05, 3.63) is 125 Å². The normalized spacial score (nSPS) is 22.4. The van der Waals surface area contributed by atoms with Gasteiger partial charge in [0.25, 0.3) is 0 Å². The first-order valence-electron chi connectivity index (χ1n) is 15.5. The zero-order chi connectivity index (χ0) is 31.2. The molecule has 2 aliphatic heterocycles. The third-order valence-electron chi connectivity index (χ3n) is 8.78. The van der Waals surface area contributed by atoms with E-state index in [1.54, 1.807) is 30.3 Å². The third-order valence-corrected chi connectivity index (χ3v) is 10.2. The van der Waals surface area contributed by atoms with E-state index in [4.69, 9.17) is 9.47 Å². The summed E-state index contributed by atoms with van der Waals surface area (Å²) in [5.41, 5.74) is 5.54. The summed E-state index contributed by atoms with van der Waals surface area (Å²) in [7, 11) is -3.64. The average molecular weight is 629 g/mol. The molecule has 4 aromatic carbocycles. The first kappa shape index (κ1) is 31.6. The van der Waals surface area contributed by atoms with Gasteiger partial charge in [0.1, 0.15) is 0 Å². The van der Waals surface area contributed by atoms with Crippen molar-refractivity contribution >= 4 is 10.0 Å². The fraction of sp³-hybridized carbons (Fsp3) is 0.333. The Kier molecular flexibility index (Phi) is 10.1. The van der Waals surface area contributed by atoms with Gasteiger partial charge in [-0.1, -0.05) is 91.0 Å². The van der Waals surface area contributed by atoms with E-state index >= 15 is 0 Å². The zero-order valence-corrected chi connectivity index (χ0v) is 26.0. The Morgan fingerprint density at radius 3 is 2.27 bits per heavy atom. The van der Waals surface area contributed by atoms with Gasteiger partial charge in [0.05, 0.1) is 30.3 Å². The van der Waals surface area contributed by atoms with Gasteiger partial charge in [0.2, 0.25) is 10.0 Å². The van der Waals surface area contributed by atoms with E-state index < -0.39 is 16.3 Å². The molecule has 0 aromatic heterocycles. The lowest BCUT2D eigenvalue weighted by Gasteiger charge is -2.38. The van der Waals surface area contributed by atoms with Crippen molar-refractivity contribution in [2.45, 2.75) is 61.8 Å². The summed E-state index contributed by atoms with van der Waals surface area (Å²) in [4.78, 5) is 2.56. The molecule has 4 atom stereocenters. The number of rotatable bonds is 11. The van der Waals surface area contributed by atoms with Gasteiger partial charge in [-0.2, -0.15) is 0 Å². The molecule has 8 nitrogen and oxygen atoms in total. The second-order valence-corrected chi connectivity index (χ2v) is 13.5. The highest BCUT2D eigenvalue weighted by atomic mass is 32.2. The van der Waals surface area contributed by atoms with Crippen LogP contribution in [0.2, 0.25) is 0 Å². The smallest absolute Gasteiger partial charge is 0.240 e. The first-order chi connectivity index (χ1) is 21.9. The Morgan fingerprint density at radius 1 is 0.822 bits per heavy atom. The minimum atomic E-state index is -3.64. The number of benzene rings is 4. The highest BCUT2D eigenvalue weighted by Crippen LogP contribution is 2.39. The number of hydrogen-bond acceptors (Lipinski definition) is 7. The number of likely N-dealkylation sites (tertiary alicyclic amines) is 1. The van der Waals surface area contributed by atoms with Crippen molar-refractivity contribution in [2.75, 3.05) is 19.7 Å². The Labute approximate surface area is 265 Å². The van der Waals surface area contributed by atoms with Gasteiger partial charge in [0, 0.05) is 31.1 Å². The SMILES string of the molecule is O=S(=O)(NCc1ccccc1-c1ccc(C2OC(CN3CCCC3CO)CC(c3ccc(CO)cc3)O2)cc1)c1ccccc1. The highest BCUT2D eigenvalue weighted by molar-refractivity contribution is 7.89. The second kappa shape index (κ2) is 14.3. The maximum Gasteiger partial charge on any atom is 0.240 e. The number of nitrogens with zero attached hydrogens (tertiary/aromatic N) is 1. The fourth-order valence-electron chi connectivity index (χ4n) is 6.27.